The third kappa shape index (κ3) is 2.39. The SMILES string of the molecule is CC(C#N)N1CCN(c2nnccc2C#N)CC1. The van der Waals surface area contributed by atoms with Crippen LogP contribution >= 0.6 is 0 Å². The molecular weight excluding hydrogens is 228 g/mol. The van der Waals surface area contributed by atoms with Crippen LogP contribution < -0.4 is 4.90 Å². The summed E-state index contributed by atoms with van der Waals surface area (Å²) < 4.78 is 0. The van der Waals surface area contributed by atoms with Crippen LogP contribution in [0.15, 0.2) is 12.3 Å². The lowest BCUT2D eigenvalue weighted by Gasteiger charge is -2.36. The largest absolute Gasteiger partial charge is 0.351 e. The van der Waals surface area contributed by atoms with Crippen LogP contribution in [0.2, 0.25) is 0 Å². The molecule has 1 saturated heterocycles. The van der Waals surface area contributed by atoms with Crippen molar-refractivity contribution >= 4 is 5.82 Å². The highest BCUT2D eigenvalue weighted by Gasteiger charge is 2.23. The molecule has 2 heterocycles. The zero-order chi connectivity index (χ0) is 13.0. The van der Waals surface area contributed by atoms with E-state index in [2.05, 4.69) is 27.2 Å². The van der Waals surface area contributed by atoms with Gasteiger partial charge in [0.2, 0.25) is 0 Å². The number of nitriles is 2. The molecule has 0 N–H and O–H groups in total. The highest BCUT2D eigenvalue weighted by Crippen LogP contribution is 2.17. The second-order valence-corrected chi connectivity index (χ2v) is 4.21. The van der Waals surface area contributed by atoms with Gasteiger partial charge in [0.25, 0.3) is 0 Å². The summed E-state index contributed by atoms with van der Waals surface area (Å²) in [7, 11) is 0. The van der Waals surface area contributed by atoms with Crippen molar-refractivity contribution in [2.24, 2.45) is 0 Å². The lowest BCUT2D eigenvalue weighted by molar-refractivity contribution is 0.231. The molecule has 2 rings (SSSR count). The predicted octanol–water partition coefficient (Wildman–Crippen LogP) is 0.382. The molecule has 1 atom stereocenters. The molecular formula is C12H14N6. The third-order valence-corrected chi connectivity index (χ3v) is 3.17. The Balaban J connectivity index is 2.07. The molecule has 1 aliphatic rings. The molecule has 6 nitrogen and oxygen atoms in total. The zero-order valence-corrected chi connectivity index (χ0v) is 10.2. The van der Waals surface area contributed by atoms with Crippen LogP contribution in [-0.2, 0) is 0 Å². The molecule has 0 bridgehead atoms. The normalized spacial score (nSPS) is 17.8. The highest BCUT2D eigenvalue weighted by molar-refractivity contribution is 5.52. The maximum Gasteiger partial charge on any atom is 0.169 e. The number of hydrogen-bond donors (Lipinski definition) is 0. The van der Waals surface area contributed by atoms with Crippen LogP contribution in [0.1, 0.15) is 12.5 Å². The minimum Gasteiger partial charge on any atom is -0.351 e. The molecule has 0 spiro atoms. The van der Waals surface area contributed by atoms with E-state index in [-0.39, 0.29) is 6.04 Å². The Hall–Kier alpha value is -2.18. The van der Waals surface area contributed by atoms with Crippen LogP contribution in [0.3, 0.4) is 0 Å². The maximum absolute atomic E-state index is 9.03. The van der Waals surface area contributed by atoms with E-state index in [1.165, 1.54) is 6.20 Å². The van der Waals surface area contributed by atoms with E-state index >= 15 is 0 Å². The first kappa shape index (κ1) is 12.3. The molecule has 0 saturated carbocycles. The summed E-state index contributed by atoms with van der Waals surface area (Å²) in [4.78, 5) is 4.17. The number of rotatable bonds is 2. The quantitative estimate of drug-likeness (QED) is 0.746. The fourth-order valence-corrected chi connectivity index (χ4v) is 2.05. The fourth-order valence-electron chi connectivity index (χ4n) is 2.05. The first-order valence-electron chi connectivity index (χ1n) is 5.86. The monoisotopic (exact) mass is 242 g/mol. The van der Waals surface area contributed by atoms with Gasteiger partial charge < -0.3 is 4.90 Å². The summed E-state index contributed by atoms with van der Waals surface area (Å²) in [5, 5.41) is 25.8. The Morgan fingerprint density at radius 1 is 1.28 bits per heavy atom. The van der Waals surface area contributed by atoms with E-state index in [4.69, 9.17) is 10.5 Å². The van der Waals surface area contributed by atoms with E-state index in [0.717, 1.165) is 26.2 Å². The summed E-state index contributed by atoms with van der Waals surface area (Å²) in [6.45, 7) is 5.03. The summed E-state index contributed by atoms with van der Waals surface area (Å²) >= 11 is 0. The number of aromatic nitrogens is 2. The standard InChI is InChI=1S/C12H14N6/c1-10(8-13)17-4-6-18(7-5-17)12-11(9-14)2-3-15-16-12/h2-3,10H,4-7H2,1H3. The van der Waals surface area contributed by atoms with E-state index in [1.807, 2.05) is 11.8 Å². The molecule has 1 fully saturated rings. The lowest BCUT2D eigenvalue weighted by Crippen LogP contribution is -2.49. The highest BCUT2D eigenvalue weighted by atomic mass is 15.3. The van der Waals surface area contributed by atoms with Crippen LogP contribution in [0.25, 0.3) is 0 Å². The van der Waals surface area contributed by atoms with Gasteiger partial charge in [-0.05, 0) is 13.0 Å². The van der Waals surface area contributed by atoms with Crippen LogP contribution in [0, 0.1) is 22.7 Å². The number of piperazine rings is 1. The van der Waals surface area contributed by atoms with Gasteiger partial charge in [0.1, 0.15) is 6.07 Å². The molecule has 6 heteroatoms. The average molecular weight is 242 g/mol. The van der Waals surface area contributed by atoms with Gasteiger partial charge in [-0.2, -0.15) is 15.6 Å². The van der Waals surface area contributed by atoms with Crippen LogP contribution in [0.4, 0.5) is 5.82 Å². The second-order valence-electron chi connectivity index (χ2n) is 4.21. The van der Waals surface area contributed by atoms with Crippen molar-refractivity contribution in [3.8, 4) is 12.1 Å². The van der Waals surface area contributed by atoms with Gasteiger partial charge in [-0.25, -0.2) is 0 Å². The van der Waals surface area contributed by atoms with Crippen LogP contribution in [0.5, 0.6) is 0 Å². The zero-order valence-electron chi connectivity index (χ0n) is 10.2. The van der Waals surface area contributed by atoms with Crippen molar-refractivity contribution in [3.63, 3.8) is 0 Å². The van der Waals surface area contributed by atoms with Gasteiger partial charge in [0, 0.05) is 26.2 Å². The molecule has 1 unspecified atom stereocenters. The van der Waals surface area contributed by atoms with E-state index in [1.54, 1.807) is 6.07 Å². The van der Waals surface area contributed by atoms with E-state index in [0.29, 0.717) is 11.4 Å². The van der Waals surface area contributed by atoms with Crippen molar-refractivity contribution in [1.82, 2.24) is 15.1 Å². The fraction of sp³-hybridized carbons (Fsp3) is 0.500. The van der Waals surface area contributed by atoms with Gasteiger partial charge in [-0.3, -0.25) is 4.90 Å². The van der Waals surface area contributed by atoms with Gasteiger partial charge in [0.15, 0.2) is 5.82 Å². The summed E-state index contributed by atoms with van der Waals surface area (Å²) in [5.41, 5.74) is 0.548. The van der Waals surface area contributed by atoms with Crippen molar-refractivity contribution < 1.29 is 0 Å². The summed E-state index contributed by atoms with van der Waals surface area (Å²) in [6, 6.07) is 5.97. The molecule has 0 aliphatic carbocycles. The first-order chi connectivity index (χ1) is 8.76. The summed E-state index contributed by atoms with van der Waals surface area (Å²) in [5.74, 6) is 0.643. The van der Waals surface area contributed by atoms with Gasteiger partial charge in [0.05, 0.1) is 23.9 Å². The van der Waals surface area contributed by atoms with Crippen molar-refractivity contribution in [3.05, 3.63) is 17.8 Å². The molecule has 0 radical (unpaired) electrons. The molecule has 0 aromatic carbocycles. The second kappa shape index (κ2) is 5.44. The van der Waals surface area contributed by atoms with Crippen molar-refractivity contribution in [2.75, 3.05) is 31.1 Å². The maximum atomic E-state index is 9.03. The molecule has 1 aliphatic heterocycles. The minimum atomic E-state index is -0.0653. The molecule has 0 amide bonds. The molecule has 1 aromatic heterocycles. The van der Waals surface area contributed by atoms with E-state index < -0.39 is 0 Å². The Kier molecular flexibility index (Phi) is 3.71. The van der Waals surface area contributed by atoms with Crippen LogP contribution in [-0.4, -0.2) is 47.3 Å². The Morgan fingerprint density at radius 3 is 2.61 bits per heavy atom. The Morgan fingerprint density at radius 2 is 2.00 bits per heavy atom. The van der Waals surface area contributed by atoms with E-state index in [9.17, 15) is 0 Å². The smallest absolute Gasteiger partial charge is 0.169 e. The summed E-state index contributed by atoms with van der Waals surface area (Å²) in [6.07, 6.45) is 1.52. The Bertz CT molecular complexity index is 492. The van der Waals surface area contributed by atoms with Crippen molar-refractivity contribution in [2.45, 2.75) is 13.0 Å². The van der Waals surface area contributed by atoms with Gasteiger partial charge in [-0.15, -0.1) is 5.10 Å². The minimum absolute atomic E-state index is 0.0653. The molecule has 1 aromatic rings. The first-order valence-corrected chi connectivity index (χ1v) is 5.86. The third-order valence-electron chi connectivity index (χ3n) is 3.17. The van der Waals surface area contributed by atoms with Crippen molar-refractivity contribution in [1.29, 1.82) is 10.5 Å². The number of hydrogen-bond acceptors (Lipinski definition) is 6. The molecule has 18 heavy (non-hydrogen) atoms. The molecule has 92 valence electrons. The average Bonchev–Trinajstić information content (AvgIpc) is 2.46. The Labute approximate surface area is 106 Å². The topological polar surface area (TPSA) is 79.8 Å². The van der Waals surface area contributed by atoms with Gasteiger partial charge >= 0.3 is 0 Å². The number of nitrogens with zero attached hydrogens (tertiary/aromatic N) is 6. The van der Waals surface area contributed by atoms with Gasteiger partial charge in [-0.1, -0.05) is 0 Å². The predicted molar refractivity (Wildman–Crippen MR) is 65.6 cm³/mol. The number of anilines is 1. The lowest BCUT2D eigenvalue weighted by atomic mass is 10.2.